The molecular weight excluding hydrogens is 374 g/mol. The highest BCUT2D eigenvalue weighted by atomic mass is 79.9. The molecule has 6 nitrogen and oxygen atoms in total. The molecule has 0 aliphatic heterocycles. The fraction of sp³-hybridized carbons (Fsp3) is 0.294. The summed E-state index contributed by atoms with van der Waals surface area (Å²) in [7, 11) is 1.31. The maximum atomic E-state index is 12.1. The Labute approximate surface area is 147 Å². The Morgan fingerprint density at radius 2 is 2.17 bits per heavy atom. The number of halogens is 1. The van der Waals surface area contributed by atoms with E-state index in [9.17, 15) is 4.79 Å². The lowest BCUT2D eigenvalue weighted by Crippen LogP contribution is -2.17. The van der Waals surface area contributed by atoms with Gasteiger partial charge in [0.25, 0.3) is 0 Å². The fourth-order valence-corrected chi connectivity index (χ4v) is 2.97. The lowest BCUT2D eigenvalue weighted by atomic mass is 10.1. The zero-order valence-electron chi connectivity index (χ0n) is 13.6. The molecule has 0 saturated heterocycles. The molecule has 1 aromatic carbocycles. The minimum atomic E-state index is -0.555. The molecule has 2 heterocycles. The Morgan fingerprint density at radius 3 is 2.83 bits per heavy atom. The van der Waals surface area contributed by atoms with Gasteiger partial charge in [-0.2, -0.15) is 0 Å². The number of aromatic nitrogens is 2. The quantitative estimate of drug-likeness (QED) is 0.654. The van der Waals surface area contributed by atoms with Gasteiger partial charge in [0.05, 0.1) is 18.7 Å². The molecule has 126 valence electrons. The molecular formula is C17H18BrN3O3. The van der Waals surface area contributed by atoms with Gasteiger partial charge < -0.3 is 19.9 Å². The van der Waals surface area contributed by atoms with Crippen molar-refractivity contribution in [1.29, 1.82) is 0 Å². The molecule has 0 spiro atoms. The van der Waals surface area contributed by atoms with Gasteiger partial charge in [0.1, 0.15) is 0 Å². The van der Waals surface area contributed by atoms with E-state index >= 15 is 0 Å². The average Bonchev–Trinajstić information content (AvgIpc) is 3.17. The van der Waals surface area contributed by atoms with Crippen molar-refractivity contribution in [2.75, 3.05) is 7.11 Å². The second-order valence-corrected chi connectivity index (χ2v) is 6.71. The zero-order chi connectivity index (χ0) is 17.4. The Balaban J connectivity index is 2.21. The first-order valence-corrected chi connectivity index (χ1v) is 8.34. The third kappa shape index (κ3) is 2.74. The molecule has 0 fully saturated rings. The topological polar surface area (TPSA) is 94.1 Å². The lowest BCUT2D eigenvalue weighted by Gasteiger charge is -2.10. The lowest BCUT2D eigenvalue weighted by molar-refractivity contribution is 0.0595. The first-order chi connectivity index (χ1) is 11.4. The van der Waals surface area contributed by atoms with Crippen LogP contribution in [0, 0.1) is 5.92 Å². The summed E-state index contributed by atoms with van der Waals surface area (Å²) in [5.74, 6) is 0.251. The number of nitrogens with two attached hydrogens (primary N) is 1. The van der Waals surface area contributed by atoms with Crippen LogP contribution in [0.15, 0.2) is 33.3 Å². The van der Waals surface area contributed by atoms with E-state index in [1.807, 2.05) is 32.0 Å². The third-order valence-corrected chi connectivity index (χ3v) is 4.60. The predicted octanol–water partition coefficient (Wildman–Crippen LogP) is 4.03. The Kier molecular flexibility index (Phi) is 4.47. The number of aromatic amines is 1. The van der Waals surface area contributed by atoms with E-state index in [2.05, 4.69) is 25.9 Å². The second-order valence-electron chi connectivity index (χ2n) is 5.86. The largest absolute Gasteiger partial charge is 0.464 e. The van der Waals surface area contributed by atoms with Gasteiger partial charge >= 0.3 is 5.97 Å². The molecule has 0 bridgehead atoms. The number of H-pyrrole nitrogens is 1. The Morgan fingerprint density at radius 1 is 1.42 bits per heavy atom. The van der Waals surface area contributed by atoms with Gasteiger partial charge in [-0.1, -0.05) is 26.0 Å². The molecule has 3 aromatic rings. The number of fused-ring (bicyclic) bond motifs is 1. The van der Waals surface area contributed by atoms with Crippen molar-refractivity contribution in [2.24, 2.45) is 11.7 Å². The molecule has 3 rings (SSSR count). The average molecular weight is 392 g/mol. The number of nitrogens with one attached hydrogen (secondary N) is 1. The number of nitrogens with zero attached hydrogens (tertiary/aromatic N) is 1. The first-order valence-electron chi connectivity index (χ1n) is 7.54. The van der Waals surface area contributed by atoms with E-state index in [1.54, 1.807) is 6.20 Å². The van der Waals surface area contributed by atoms with E-state index in [0.29, 0.717) is 11.7 Å². The smallest absolute Gasteiger partial charge is 0.360 e. The molecule has 1 atom stereocenters. The van der Waals surface area contributed by atoms with Gasteiger partial charge in [-0.05, 0) is 27.9 Å². The van der Waals surface area contributed by atoms with Crippen LogP contribution < -0.4 is 5.73 Å². The zero-order valence-corrected chi connectivity index (χ0v) is 15.2. The normalized spacial score (nSPS) is 12.8. The molecule has 0 radical (unpaired) electrons. The van der Waals surface area contributed by atoms with Crippen LogP contribution in [0.2, 0.25) is 0 Å². The maximum absolute atomic E-state index is 12.1. The van der Waals surface area contributed by atoms with Crippen LogP contribution >= 0.6 is 15.9 Å². The number of oxazole rings is 1. The molecule has 0 amide bonds. The van der Waals surface area contributed by atoms with E-state index in [4.69, 9.17) is 14.9 Å². The van der Waals surface area contributed by atoms with Crippen molar-refractivity contribution in [2.45, 2.75) is 19.9 Å². The number of methoxy groups -OCH3 is 1. The van der Waals surface area contributed by atoms with E-state index in [0.717, 1.165) is 20.9 Å². The summed E-state index contributed by atoms with van der Waals surface area (Å²) in [5, 5.41) is 0.912. The summed E-state index contributed by atoms with van der Waals surface area (Å²) in [6.07, 6.45) is 1.78. The first kappa shape index (κ1) is 16.7. The summed E-state index contributed by atoms with van der Waals surface area (Å²) in [6, 6.07) is 5.39. The number of hydrogen-bond donors (Lipinski definition) is 2. The summed E-state index contributed by atoms with van der Waals surface area (Å²) < 4.78 is 11.6. The fourth-order valence-electron chi connectivity index (χ4n) is 2.49. The van der Waals surface area contributed by atoms with Gasteiger partial charge in [-0.25, -0.2) is 9.78 Å². The van der Waals surface area contributed by atoms with Crippen LogP contribution in [-0.2, 0) is 4.74 Å². The molecule has 3 N–H and O–H groups in total. The highest BCUT2D eigenvalue weighted by Crippen LogP contribution is 2.36. The van der Waals surface area contributed by atoms with Crippen molar-refractivity contribution in [3.05, 3.63) is 40.5 Å². The van der Waals surface area contributed by atoms with Gasteiger partial charge in [0, 0.05) is 21.6 Å². The molecule has 0 saturated carbocycles. The third-order valence-electron chi connectivity index (χ3n) is 3.94. The van der Waals surface area contributed by atoms with Crippen LogP contribution in [0.5, 0.6) is 0 Å². The summed E-state index contributed by atoms with van der Waals surface area (Å²) in [4.78, 5) is 19.6. The molecule has 24 heavy (non-hydrogen) atoms. The Hall–Kier alpha value is -2.12. The van der Waals surface area contributed by atoms with Gasteiger partial charge in [-0.15, -0.1) is 0 Å². The number of esters is 1. The maximum Gasteiger partial charge on any atom is 0.360 e. The minimum Gasteiger partial charge on any atom is -0.464 e. The van der Waals surface area contributed by atoms with Crippen LogP contribution in [0.25, 0.3) is 22.2 Å². The molecule has 2 aromatic heterocycles. The monoisotopic (exact) mass is 391 g/mol. The number of benzene rings is 1. The van der Waals surface area contributed by atoms with Crippen LogP contribution in [0.4, 0.5) is 0 Å². The van der Waals surface area contributed by atoms with Gasteiger partial charge in [-0.3, -0.25) is 0 Å². The van der Waals surface area contributed by atoms with Crippen LogP contribution in [0.1, 0.15) is 36.3 Å². The number of carbonyl (C=O) groups is 1. The SMILES string of the molecule is COC(=O)c1nc([C@@H](N)C(C)C)oc1-c1c[nH]c2c(Br)cccc12. The van der Waals surface area contributed by atoms with Crippen LogP contribution in [-0.4, -0.2) is 23.0 Å². The number of ether oxygens (including phenoxy) is 1. The number of para-hydroxylation sites is 1. The highest BCUT2D eigenvalue weighted by molar-refractivity contribution is 9.10. The van der Waals surface area contributed by atoms with Crippen molar-refractivity contribution < 1.29 is 13.9 Å². The molecule has 0 aliphatic carbocycles. The van der Waals surface area contributed by atoms with Crippen molar-refractivity contribution in [3.63, 3.8) is 0 Å². The molecule has 7 heteroatoms. The highest BCUT2D eigenvalue weighted by Gasteiger charge is 2.27. The van der Waals surface area contributed by atoms with Crippen LogP contribution in [0.3, 0.4) is 0 Å². The predicted molar refractivity (Wildman–Crippen MR) is 94.6 cm³/mol. The summed E-state index contributed by atoms with van der Waals surface area (Å²) in [6.45, 7) is 3.93. The van der Waals surface area contributed by atoms with Crippen molar-refractivity contribution in [1.82, 2.24) is 9.97 Å². The minimum absolute atomic E-state index is 0.124. The van der Waals surface area contributed by atoms with E-state index in [-0.39, 0.29) is 11.6 Å². The van der Waals surface area contributed by atoms with Crippen molar-refractivity contribution in [3.8, 4) is 11.3 Å². The van der Waals surface area contributed by atoms with Gasteiger partial charge in [0.15, 0.2) is 11.5 Å². The van der Waals surface area contributed by atoms with Crippen molar-refractivity contribution >= 4 is 32.8 Å². The number of rotatable bonds is 4. The van der Waals surface area contributed by atoms with E-state index < -0.39 is 12.0 Å². The number of hydrogen-bond acceptors (Lipinski definition) is 5. The number of carbonyl (C=O) groups excluding carboxylic acids is 1. The van der Waals surface area contributed by atoms with E-state index in [1.165, 1.54) is 7.11 Å². The van der Waals surface area contributed by atoms with Gasteiger partial charge in [0.2, 0.25) is 5.89 Å². The second kappa shape index (κ2) is 6.41. The summed E-state index contributed by atoms with van der Waals surface area (Å²) in [5.41, 5.74) is 7.91. The standard InChI is InChI=1S/C17H18BrN3O3/c1-8(2)12(19)16-21-14(17(22)23-3)15(24-16)10-7-20-13-9(10)5-4-6-11(13)18/h4-8,12,20H,19H2,1-3H3/t12-/m0/s1. The molecule has 0 aliphatic rings. The summed E-state index contributed by atoms with van der Waals surface area (Å²) >= 11 is 3.50. The molecule has 0 unspecified atom stereocenters. The Bertz CT molecular complexity index is 898.